The van der Waals surface area contributed by atoms with E-state index in [1.54, 1.807) is 0 Å². The van der Waals surface area contributed by atoms with E-state index in [4.69, 9.17) is 4.74 Å². The van der Waals surface area contributed by atoms with Crippen LogP contribution in [0.4, 0.5) is 0 Å². The molecule has 0 heterocycles. The molecule has 22 heavy (non-hydrogen) atoms. The standard InChI is InChI=1S/C21H38O/c1-3-4-5-7-19-13-15-21(16-14-19)22-17-6-8-20-11-9-18(2)10-12-20/h6,8,18-21H,3-5,7,9-17H2,1-2H3/b8-6+/t18-,19-,20-,21-. The second-order valence-electron chi connectivity index (χ2n) is 7.92. The van der Waals surface area contributed by atoms with Gasteiger partial charge in [0.25, 0.3) is 0 Å². The van der Waals surface area contributed by atoms with E-state index in [-0.39, 0.29) is 0 Å². The second-order valence-corrected chi connectivity index (χ2v) is 7.92. The Morgan fingerprint density at radius 3 is 2.32 bits per heavy atom. The summed E-state index contributed by atoms with van der Waals surface area (Å²) in [5, 5.41) is 0. The zero-order valence-corrected chi connectivity index (χ0v) is 15.1. The molecular formula is C21H38O. The molecule has 0 spiro atoms. The summed E-state index contributed by atoms with van der Waals surface area (Å²) in [5.74, 6) is 2.77. The van der Waals surface area contributed by atoms with Gasteiger partial charge in [0.05, 0.1) is 12.7 Å². The molecule has 0 aromatic heterocycles. The topological polar surface area (TPSA) is 9.23 Å². The third kappa shape index (κ3) is 6.86. The molecule has 0 aliphatic heterocycles. The fourth-order valence-corrected chi connectivity index (χ4v) is 4.19. The summed E-state index contributed by atoms with van der Waals surface area (Å²) in [4.78, 5) is 0. The molecule has 0 aromatic carbocycles. The fourth-order valence-electron chi connectivity index (χ4n) is 4.19. The van der Waals surface area contributed by atoms with Gasteiger partial charge in [0.2, 0.25) is 0 Å². The summed E-state index contributed by atoms with van der Waals surface area (Å²) >= 11 is 0. The highest BCUT2D eigenvalue weighted by Gasteiger charge is 2.21. The van der Waals surface area contributed by atoms with Crippen LogP contribution >= 0.6 is 0 Å². The minimum absolute atomic E-state index is 0.540. The molecule has 0 amide bonds. The summed E-state index contributed by atoms with van der Waals surface area (Å²) in [6.07, 6.45) is 21.9. The molecule has 2 saturated carbocycles. The van der Waals surface area contributed by atoms with E-state index in [2.05, 4.69) is 26.0 Å². The monoisotopic (exact) mass is 306 g/mol. The van der Waals surface area contributed by atoms with E-state index in [1.165, 1.54) is 77.0 Å². The molecule has 2 rings (SSSR count). The Morgan fingerprint density at radius 2 is 1.64 bits per heavy atom. The lowest BCUT2D eigenvalue weighted by Crippen LogP contribution is -2.21. The Labute approximate surface area is 138 Å². The predicted molar refractivity (Wildman–Crippen MR) is 96.1 cm³/mol. The van der Waals surface area contributed by atoms with Crippen molar-refractivity contribution in [3.05, 3.63) is 12.2 Å². The average molecular weight is 307 g/mol. The summed E-state index contributed by atoms with van der Waals surface area (Å²) in [5.41, 5.74) is 0. The maximum atomic E-state index is 6.08. The number of hydrogen-bond acceptors (Lipinski definition) is 1. The van der Waals surface area contributed by atoms with Crippen LogP contribution in [0.5, 0.6) is 0 Å². The first-order chi connectivity index (χ1) is 10.8. The van der Waals surface area contributed by atoms with Gasteiger partial charge in [0.1, 0.15) is 0 Å². The van der Waals surface area contributed by atoms with Crippen molar-refractivity contribution >= 4 is 0 Å². The molecule has 0 atom stereocenters. The van der Waals surface area contributed by atoms with Crippen LogP contribution < -0.4 is 0 Å². The first kappa shape index (κ1) is 18.0. The van der Waals surface area contributed by atoms with Crippen LogP contribution in [0.2, 0.25) is 0 Å². The molecule has 1 nitrogen and oxygen atoms in total. The van der Waals surface area contributed by atoms with Crippen LogP contribution in [0.1, 0.15) is 90.9 Å². The number of allylic oxidation sites excluding steroid dienone is 1. The van der Waals surface area contributed by atoms with Gasteiger partial charge in [-0.25, -0.2) is 0 Å². The van der Waals surface area contributed by atoms with E-state index in [9.17, 15) is 0 Å². The quantitative estimate of drug-likeness (QED) is 0.366. The van der Waals surface area contributed by atoms with Gasteiger partial charge in [-0.15, -0.1) is 0 Å². The Hall–Kier alpha value is -0.300. The Bertz CT molecular complexity index is 293. The highest BCUT2D eigenvalue weighted by molar-refractivity contribution is 4.91. The Morgan fingerprint density at radius 1 is 0.909 bits per heavy atom. The molecule has 0 N–H and O–H groups in total. The van der Waals surface area contributed by atoms with Crippen LogP contribution in [0, 0.1) is 17.8 Å². The number of ether oxygens (including phenoxy) is 1. The van der Waals surface area contributed by atoms with E-state index in [0.29, 0.717) is 6.10 Å². The van der Waals surface area contributed by atoms with Gasteiger partial charge in [-0.2, -0.15) is 0 Å². The SMILES string of the molecule is CCCCC[C@H]1CC[C@H](OC/C=C/[C@H]2CC[C@H](C)CC2)CC1. The molecule has 2 aliphatic carbocycles. The van der Waals surface area contributed by atoms with Crippen LogP contribution in [0.3, 0.4) is 0 Å². The lowest BCUT2D eigenvalue weighted by atomic mass is 9.83. The molecule has 128 valence electrons. The molecule has 2 fully saturated rings. The van der Waals surface area contributed by atoms with Gasteiger partial charge in [-0.05, 0) is 56.3 Å². The van der Waals surface area contributed by atoms with E-state index < -0.39 is 0 Å². The van der Waals surface area contributed by atoms with Gasteiger partial charge >= 0.3 is 0 Å². The first-order valence-corrected chi connectivity index (χ1v) is 10.1. The number of unbranched alkanes of at least 4 members (excludes halogenated alkanes) is 2. The number of rotatable bonds is 8. The largest absolute Gasteiger partial charge is 0.374 e. The van der Waals surface area contributed by atoms with E-state index in [0.717, 1.165) is 24.4 Å². The predicted octanol–water partition coefficient (Wildman–Crippen LogP) is 6.52. The summed E-state index contributed by atoms with van der Waals surface area (Å²) in [6.45, 7) is 5.53. The molecule has 0 saturated heterocycles. The van der Waals surface area contributed by atoms with Crippen LogP contribution in [-0.2, 0) is 4.74 Å². The summed E-state index contributed by atoms with van der Waals surface area (Å²) in [6, 6.07) is 0. The molecule has 1 heteroatoms. The van der Waals surface area contributed by atoms with Gasteiger partial charge in [0.15, 0.2) is 0 Å². The highest BCUT2D eigenvalue weighted by Crippen LogP contribution is 2.30. The van der Waals surface area contributed by atoms with Gasteiger partial charge in [0, 0.05) is 0 Å². The third-order valence-electron chi connectivity index (χ3n) is 5.91. The van der Waals surface area contributed by atoms with Crippen LogP contribution in [-0.4, -0.2) is 12.7 Å². The van der Waals surface area contributed by atoms with Crippen molar-refractivity contribution in [3.8, 4) is 0 Å². The molecule has 0 unspecified atom stereocenters. The van der Waals surface area contributed by atoms with Crippen molar-refractivity contribution in [2.24, 2.45) is 17.8 Å². The maximum Gasteiger partial charge on any atom is 0.0651 e. The lowest BCUT2D eigenvalue weighted by molar-refractivity contribution is 0.0331. The summed E-state index contributed by atoms with van der Waals surface area (Å²) < 4.78 is 6.08. The zero-order chi connectivity index (χ0) is 15.6. The molecule has 0 bridgehead atoms. The van der Waals surface area contributed by atoms with Crippen molar-refractivity contribution in [1.82, 2.24) is 0 Å². The van der Waals surface area contributed by atoms with E-state index in [1.807, 2.05) is 0 Å². The van der Waals surface area contributed by atoms with Crippen molar-refractivity contribution in [1.29, 1.82) is 0 Å². The molecule has 0 aromatic rings. The number of hydrogen-bond donors (Lipinski definition) is 0. The highest BCUT2D eigenvalue weighted by atomic mass is 16.5. The molecule has 0 radical (unpaired) electrons. The second kappa shape index (κ2) is 10.5. The minimum Gasteiger partial charge on any atom is -0.374 e. The van der Waals surface area contributed by atoms with Crippen LogP contribution in [0.25, 0.3) is 0 Å². The van der Waals surface area contributed by atoms with Crippen molar-refractivity contribution in [2.45, 2.75) is 97.0 Å². The molecular weight excluding hydrogens is 268 g/mol. The summed E-state index contributed by atoms with van der Waals surface area (Å²) in [7, 11) is 0. The first-order valence-electron chi connectivity index (χ1n) is 10.1. The fraction of sp³-hybridized carbons (Fsp3) is 0.905. The minimum atomic E-state index is 0.540. The smallest absolute Gasteiger partial charge is 0.0651 e. The normalized spacial score (nSPS) is 33.4. The maximum absolute atomic E-state index is 6.08. The lowest BCUT2D eigenvalue weighted by Gasteiger charge is -2.28. The van der Waals surface area contributed by atoms with Crippen molar-refractivity contribution in [2.75, 3.05) is 6.61 Å². The average Bonchev–Trinajstić information content (AvgIpc) is 2.55. The van der Waals surface area contributed by atoms with Crippen LogP contribution in [0.15, 0.2) is 12.2 Å². The zero-order valence-electron chi connectivity index (χ0n) is 15.1. The third-order valence-corrected chi connectivity index (χ3v) is 5.91. The Balaban J connectivity index is 1.51. The van der Waals surface area contributed by atoms with E-state index >= 15 is 0 Å². The Kier molecular flexibility index (Phi) is 8.59. The van der Waals surface area contributed by atoms with Crippen molar-refractivity contribution in [3.63, 3.8) is 0 Å². The van der Waals surface area contributed by atoms with Gasteiger partial charge in [-0.1, -0.05) is 64.5 Å². The van der Waals surface area contributed by atoms with Crippen molar-refractivity contribution < 1.29 is 4.74 Å². The molecule has 2 aliphatic rings. The van der Waals surface area contributed by atoms with Gasteiger partial charge in [-0.3, -0.25) is 0 Å². The van der Waals surface area contributed by atoms with Gasteiger partial charge < -0.3 is 4.74 Å².